The van der Waals surface area contributed by atoms with Crippen LogP contribution >= 0.6 is 0 Å². The molecule has 0 aliphatic carbocycles. The average Bonchev–Trinajstić information content (AvgIpc) is 1.73. The summed E-state index contributed by atoms with van der Waals surface area (Å²) in [4.78, 5) is 25.9. The summed E-state index contributed by atoms with van der Waals surface area (Å²) >= 11 is 0. The Bertz CT molecular complexity index is 268. The SMILES string of the molecule is CC(=O)O.O=C(O)O.O=S(=O)(O)O.O=[N+]([O-])O. The zero-order valence-electron chi connectivity index (χ0n) is 7.99. The van der Waals surface area contributed by atoms with Gasteiger partial charge in [0.05, 0.1) is 0 Å². The molecule has 17 heavy (non-hydrogen) atoms. The van der Waals surface area contributed by atoms with E-state index in [1.165, 1.54) is 0 Å². The van der Waals surface area contributed by atoms with E-state index in [4.69, 9.17) is 57.8 Å². The summed E-state index contributed by atoms with van der Waals surface area (Å²) in [6, 6.07) is 0. The van der Waals surface area contributed by atoms with E-state index in [0.29, 0.717) is 0 Å². The summed E-state index contributed by atoms with van der Waals surface area (Å²) in [6.45, 7) is 1.08. The molecule has 0 aromatic rings. The van der Waals surface area contributed by atoms with Crippen molar-refractivity contribution in [2.45, 2.75) is 6.92 Å². The highest BCUT2D eigenvalue weighted by atomic mass is 32.3. The van der Waals surface area contributed by atoms with Crippen LogP contribution in [0.5, 0.6) is 0 Å². The Labute approximate surface area is 93.2 Å². The van der Waals surface area contributed by atoms with Crippen molar-refractivity contribution in [1.82, 2.24) is 0 Å². The van der Waals surface area contributed by atoms with E-state index < -0.39 is 27.6 Å². The molecule has 0 heterocycles. The maximum atomic E-state index is 9.00. The highest BCUT2D eigenvalue weighted by Crippen LogP contribution is 1.59. The summed E-state index contributed by atoms with van der Waals surface area (Å²) < 4.78 is 31.6. The minimum Gasteiger partial charge on any atom is -0.481 e. The topological polar surface area (TPSA) is 233 Å². The standard InChI is InChI=1S/C2H4O2.CH2O3.HNO3.H2O4S/c1-2(3)4;2*2-1(3)4;1-5(2,3)4/h1H3,(H,3,4);(H2,2,3,4);(H,2,3,4);(H2,1,2,3,4). The molecule has 0 saturated heterocycles. The Hall–Kier alpha value is -2.19. The van der Waals surface area contributed by atoms with E-state index in [9.17, 15) is 0 Å². The fourth-order valence-corrected chi connectivity index (χ4v) is 0. The molecule has 6 N–H and O–H groups in total. The molecule has 0 radical (unpaired) electrons. The van der Waals surface area contributed by atoms with Gasteiger partial charge in [-0.15, -0.1) is 10.1 Å². The van der Waals surface area contributed by atoms with Crippen LogP contribution in [-0.4, -0.2) is 55.3 Å². The van der Waals surface area contributed by atoms with Crippen LogP contribution in [0.1, 0.15) is 6.92 Å². The predicted octanol–water partition coefficient (Wildman–Crippen LogP) is -0.687. The lowest BCUT2D eigenvalue weighted by Gasteiger charge is -1.68. The van der Waals surface area contributed by atoms with E-state index in [2.05, 4.69) is 0 Å². The second kappa shape index (κ2) is 13.8. The molecule has 13 nitrogen and oxygen atoms in total. The molecule has 0 spiro atoms. The summed E-state index contributed by atoms with van der Waals surface area (Å²) in [7, 11) is -4.67. The monoisotopic (exact) mass is 283 g/mol. The summed E-state index contributed by atoms with van der Waals surface area (Å²) in [6.07, 6.45) is -1.83. The highest BCUT2D eigenvalue weighted by Gasteiger charge is 1.84. The minimum absolute atomic E-state index is 0.833. The number of carboxylic acid groups (broad SMARTS) is 3. The number of hydrogen-bond acceptors (Lipinski definition) is 6. The van der Waals surface area contributed by atoms with Crippen molar-refractivity contribution in [1.29, 1.82) is 0 Å². The van der Waals surface area contributed by atoms with Crippen molar-refractivity contribution in [2.24, 2.45) is 0 Å². The molecule has 0 amide bonds. The van der Waals surface area contributed by atoms with Gasteiger partial charge in [-0.25, -0.2) is 4.79 Å². The molecular weight excluding hydrogens is 274 g/mol. The Balaban J connectivity index is -0.0000000667. The third-order valence-electron chi connectivity index (χ3n) is 0. The van der Waals surface area contributed by atoms with Crippen molar-refractivity contribution >= 4 is 22.5 Å². The Morgan fingerprint density at radius 1 is 1.12 bits per heavy atom. The molecule has 0 rings (SSSR count). The van der Waals surface area contributed by atoms with E-state index in [1.807, 2.05) is 0 Å². The van der Waals surface area contributed by atoms with Gasteiger partial charge >= 0.3 is 16.6 Å². The summed E-state index contributed by atoms with van der Waals surface area (Å²) in [5.41, 5.74) is 0. The van der Waals surface area contributed by atoms with Crippen molar-refractivity contribution in [2.75, 3.05) is 0 Å². The number of carboxylic acids is 1. The van der Waals surface area contributed by atoms with Crippen molar-refractivity contribution in [3.63, 3.8) is 0 Å². The van der Waals surface area contributed by atoms with Gasteiger partial charge in [0.2, 0.25) is 0 Å². The predicted molar refractivity (Wildman–Crippen MR) is 46.9 cm³/mol. The van der Waals surface area contributed by atoms with Crippen LogP contribution in [0.2, 0.25) is 0 Å². The first kappa shape index (κ1) is 24.2. The van der Waals surface area contributed by atoms with Crippen LogP contribution in [0.4, 0.5) is 4.79 Å². The van der Waals surface area contributed by atoms with Crippen LogP contribution in [0.15, 0.2) is 0 Å². The van der Waals surface area contributed by atoms with Crippen molar-refractivity contribution < 1.29 is 52.7 Å². The van der Waals surface area contributed by atoms with Gasteiger partial charge in [-0.05, 0) is 0 Å². The largest absolute Gasteiger partial charge is 0.503 e. The lowest BCUT2D eigenvalue weighted by atomic mass is 10.9. The first-order chi connectivity index (χ1) is 7.20. The first-order valence-electron chi connectivity index (χ1n) is 2.84. The maximum Gasteiger partial charge on any atom is 0.503 e. The number of rotatable bonds is 0. The maximum absolute atomic E-state index is 9.00. The molecule has 0 aliphatic rings. The van der Waals surface area contributed by atoms with Gasteiger partial charge in [0.1, 0.15) is 0 Å². The molecule has 0 saturated carbocycles. The number of hydrogen-bond donors (Lipinski definition) is 6. The van der Waals surface area contributed by atoms with Gasteiger partial charge in [-0.2, -0.15) is 8.42 Å². The Morgan fingerprint density at radius 3 is 1.12 bits per heavy atom. The quantitative estimate of drug-likeness (QED) is 0.184. The van der Waals surface area contributed by atoms with Gasteiger partial charge in [-0.3, -0.25) is 13.9 Å². The average molecular weight is 283 g/mol. The third-order valence-corrected chi connectivity index (χ3v) is 0. The normalized spacial score (nSPS) is 7.71. The first-order valence-corrected chi connectivity index (χ1v) is 4.24. The van der Waals surface area contributed by atoms with Crippen LogP contribution < -0.4 is 0 Å². The molecule has 0 aromatic carbocycles. The molecule has 0 bridgehead atoms. The molecule has 14 heteroatoms. The van der Waals surface area contributed by atoms with Gasteiger partial charge < -0.3 is 20.5 Å². The molecular formula is C3H9NO12S. The minimum atomic E-state index is -4.67. The third kappa shape index (κ3) is 402. The fraction of sp³-hybridized carbons (Fsp3) is 0.333. The van der Waals surface area contributed by atoms with Crippen LogP contribution in [-0.2, 0) is 15.2 Å². The van der Waals surface area contributed by atoms with E-state index >= 15 is 0 Å². The van der Waals surface area contributed by atoms with Crippen molar-refractivity contribution in [3.05, 3.63) is 10.1 Å². The van der Waals surface area contributed by atoms with Crippen LogP contribution in [0.25, 0.3) is 0 Å². The summed E-state index contributed by atoms with van der Waals surface area (Å²) in [5, 5.41) is 35.0. The lowest BCUT2D eigenvalue weighted by molar-refractivity contribution is -0.742. The number of aliphatic carboxylic acids is 1. The van der Waals surface area contributed by atoms with Crippen molar-refractivity contribution in [3.8, 4) is 0 Å². The van der Waals surface area contributed by atoms with Crippen LogP contribution in [0, 0.1) is 10.1 Å². The summed E-state index contributed by atoms with van der Waals surface area (Å²) in [5.74, 6) is -0.833. The smallest absolute Gasteiger partial charge is 0.481 e. The molecule has 0 atom stereocenters. The molecule has 0 fully saturated rings. The Kier molecular flexibility index (Phi) is 19.6. The second-order valence-electron chi connectivity index (χ2n) is 1.49. The number of nitrogens with zero attached hydrogens (tertiary/aromatic N) is 1. The molecule has 0 aromatic heterocycles. The van der Waals surface area contributed by atoms with Gasteiger partial charge in [-0.1, -0.05) is 0 Å². The molecule has 0 aliphatic heterocycles. The zero-order valence-corrected chi connectivity index (χ0v) is 8.80. The second-order valence-corrected chi connectivity index (χ2v) is 2.38. The Morgan fingerprint density at radius 2 is 1.12 bits per heavy atom. The number of carbonyl (C=O) groups is 2. The van der Waals surface area contributed by atoms with E-state index in [1.54, 1.807) is 0 Å². The highest BCUT2D eigenvalue weighted by molar-refractivity contribution is 7.79. The van der Waals surface area contributed by atoms with E-state index in [-0.39, 0.29) is 0 Å². The van der Waals surface area contributed by atoms with Crippen LogP contribution in [0.3, 0.4) is 0 Å². The zero-order chi connectivity index (χ0) is 15.2. The molecule has 0 unspecified atom stereocenters. The lowest BCUT2D eigenvalue weighted by Crippen LogP contribution is -1.89. The van der Waals surface area contributed by atoms with Gasteiger partial charge in [0, 0.05) is 6.92 Å². The van der Waals surface area contributed by atoms with Gasteiger partial charge in [0.25, 0.3) is 11.1 Å². The van der Waals surface area contributed by atoms with E-state index in [0.717, 1.165) is 6.92 Å². The fourth-order valence-electron chi connectivity index (χ4n) is 0. The molecule has 104 valence electrons. The van der Waals surface area contributed by atoms with Gasteiger partial charge in [0.15, 0.2) is 0 Å².